The maximum atomic E-state index is 12.6. The average molecular weight is 401 g/mol. The van der Waals surface area contributed by atoms with Gasteiger partial charge in [-0.25, -0.2) is 8.42 Å². The van der Waals surface area contributed by atoms with E-state index in [0.29, 0.717) is 5.69 Å². The molecule has 0 aromatic heterocycles. The summed E-state index contributed by atoms with van der Waals surface area (Å²) in [5, 5.41) is 2.94. The van der Waals surface area contributed by atoms with Gasteiger partial charge in [0, 0.05) is 0 Å². The van der Waals surface area contributed by atoms with E-state index in [-0.39, 0.29) is 18.5 Å². The molecule has 0 aliphatic heterocycles. The molecule has 2 aromatic rings. The lowest BCUT2D eigenvalue weighted by molar-refractivity contribution is -0.120. The molecule has 150 valence electrons. The molecule has 0 radical (unpaired) electrons. The van der Waals surface area contributed by atoms with Crippen LogP contribution in [0, 0.1) is 13.8 Å². The van der Waals surface area contributed by atoms with Crippen molar-refractivity contribution in [3.8, 4) is 0 Å². The maximum Gasteiger partial charge on any atom is 0.241 e. The van der Waals surface area contributed by atoms with Crippen molar-refractivity contribution >= 4 is 21.6 Å². The first-order chi connectivity index (χ1) is 13.1. The van der Waals surface area contributed by atoms with E-state index in [9.17, 15) is 13.2 Å². The fourth-order valence-electron chi connectivity index (χ4n) is 3.86. The van der Waals surface area contributed by atoms with Gasteiger partial charge in [-0.15, -0.1) is 0 Å². The third-order valence-corrected chi connectivity index (χ3v) is 6.32. The Kier molecular flexibility index (Phi) is 5.79. The SMILES string of the molecule is Cc1cc(C)cc(N(CC(=O)N[C@@H](C)c2ccc3c(c2)CCC3)S(C)(=O)=O)c1. The smallest absolute Gasteiger partial charge is 0.241 e. The molecule has 0 unspecified atom stereocenters. The van der Waals surface area contributed by atoms with Gasteiger partial charge in [0.05, 0.1) is 18.0 Å². The summed E-state index contributed by atoms with van der Waals surface area (Å²) in [4.78, 5) is 12.6. The van der Waals surface area contributed by atoms with Crippen LogP contribution in [0.4, 0.5) is 5.69 Å². The Labute approximate surface area is 167 Å². The molecule has 5 nitrogen and oxygen atoms in total. The van der Waals surface area contributed by atoms with Crippen molar-refractivity contribution in [1.82, 2.24) is 5.32 Å². The molecule has 0 heterocycles. The zero-order valence-corrected chi connectivity index (χ0v) is 17.8. The standard InChI is InChI=1S/C22H28N2O3S/c1-15-10-16(2)12-21(11-15)24(28(4,26)27)14-22(25)23-17(3)19-9-8-18-6-5-7-20(18)13-19/h8-13,17H,5-7,14H2,1-4H3,(H,23,25)/t17-/m0/s1. The van der Waals surface area contributed by atoms with E-state index in [1.54, 1.807) is 12.1 Å². The number of amides is 1. The summed E-state index contributed by atoms with van der Waals surface area (Å²) in [6.45, 7) is 5.51. The quantitative estimate of drug-likeness (QED) is 0.808. The molecule has 0 saturated carbocycles. The van der Waals surface area contributed by atoms with Gasteiger partial charge in [0.2, 0.25) is 15.9 Å². The van der Waals surface area contributed by atoms with Crippen molar-refractivity contribution in [1.29, 1.82) is 0 Å². The summed E-state index contributed by atoms with van der Waals surface area (Å²) in [6.07, 6.45) is 4.51. The second-order valence-electron chi connectivity index (χ2n) is 7.79. The van der Waals surface area contributed by atoms with Crippen LogP contribution in [0.1, 0.15) is 47.2 Å². The van der Waals surface area contributed by atoms with Gasteiger partial charge < -0.3 is 5.32 Å². The van der Waals surface area contributed by atoms with Gasteiger partial charge >= 0.3 is 0 Å². The summed E-state index contributed by atoms with van der Waals surface area (Å²) in [7, 11) is -3.58. The van der Waals surface area contributed by atoms with E-state index >= 15 is 0 Å². The fraction of sp³-hybridized carbons (Fsp3) is 0.409. The fourth-order valence-corrected chi connectivity index (χ4v) is 4.70. The number of carbonyl (C=O) groups excluding carboxylic acids is 1. The van der Waals surface area contributed by atoms with E-state index in [2.05, 4.69) is 17.4 Å². The van der Waals surface area contributed by atoms with Gasteiger partial charge in [0.15, 0.2) is 0 Å². The summed E-state index contributed by atoms with van der Waals surface area (Å²) in [5.41, 5.74) is 6.21. The molecule has 1 amide bonds. The number of anilines is 1. The number of aryl methyl sites for hydroxylation is 4. The highest BCUT2D eigenvalue weighted by molar-refractivity contribution is 7.92. The minimum Gasteiger partial charge on any atom is -0.348 e. The number of hydrogen-bond donors (Lipinski definition) is 1. The van der Waals surface area contributed by atoms with Gasteiger partial charge in [0.25, 0.3) is 0 Å². The van der Waals surface area contributed by atoms with Crippen molar-refractivity contribution in [3.05, 3.63) is 64.2 Å². The summed E-state index contributed by atoms with van der Waals surface area (Å²) >= 11 is 0. The minimum atomic E-state index is -3.58. The third kappa shape index (κ3) is 4.73. The number of fused-ring (bicyclic) bond motifs is 1. The number of benzene rings is 2. The number of nitrogens with one attached hydrogen (secondary N) is 1. The van der Waals surface area contributed by atoms with Crippen LogP contribution < -0.4 is 9.62 Å². The van der Waals surface area contributed by atoms with Crippen LogP contribution in [0.3, 0.4) is 0 Å². The zero-order valence-electron chi connectivity index (χ0n) is 17.0. The van der Waals surface area contributed by atoms with E-state index in [1.165, 1.54) is 17.5 Å². The number of carbonyl (C=O) groups is 1. The van der Waals surface area contributed by atoms with Crippen molar-refractivity contribution in [3.63, 3.8) is 0 Å². The Morgan fingerprint density at radius 3 is 2.36 bits per heavy atom. The van der Waals surface area contributed by atoms with Crippen molar-refractivity contribution in [2.75, 3.05) is 17.1 Å². The molecule has 0 fully saturated rings. The van der Waals surface area contributed by atoms with Gasteiger partial charge in [-0.2, -0.15) is 0 Å². The maximum absolute atomic E-state index is 12.6. The second-order valence-corrected chi connectivity index (χ2v) is 9.69. The van der Waals surface area contributed by atoms with Crippen molar-refractivity contribution in [2.24, 2.45) is 0 Å². The Balaban J connectivity index is 1.75. The number of sulfonamides is 1. The predicted octanol–water partition coefficient (Wildman–Crippen LogP) is 3.44. The van der Waals surface area contributed by atoms with Gasteiger partial charge in [0.1, 0.15) is 6.54 Å². The molecular weight excluding hydrogens is 372 g/mol. The van der Waals surface area contributed by atoms with Crippen LogP contribution in [0.25, 0.3) is 0 Å². The van der Waals surface area contributed by atoms with E-state index in [0.717, 1.165) is 40.1 Å². The predicted molar refractivity (Wildman–Crippen MR) is 113 cm³/mol. The molecule has 2 aromatic carbocycles. The highest BCUT2D eigenvalue weighted by Gasteiger charge is 2.23. The lowest BCUT2D eigenvalue weighted by Crippen LogP contribution is -2.41. The summed E-state index contributed by atoms with van der Waals surface area (Å²) < 4.78 is 25.8. The first-order valence-corrected chi connectivity index (χ1v) is 11.5. The number of hydrogen-bond acceptors (Lipinski definition) is 3. The van der Waals surface area contributed by atoms with Crippen LogP contribution in [0.2, 0.25) is 0 Å². The number of nitrogens with zero attached hydrogens (tertiary/aromatic N) is 1. The second kappa shape index (κ2) is 7.95. The van der Waals surface area contributed by atoms with Crippen LogP contribution >= 0.6 is 0 Å². The Bertz CT molecular complexity index is 979. The lowest BCUT2D eigenvalue weighted by atomic mass is 10.0. The molecule has 1 atom stereocenters. The Morgan fingerprint density at radius 1 is 1.07 bits per heavy atom. The van der Waals surface area contributed by atoms with E-state index in [1.807, 2.05) is 32.9 Å². The molecule has 1 N–H and O–H groups in total. The number of rotatable bonds is 6. The first-order valence-electron chi connectivity index (χ1n) is 9.60. The monoisotopic (exact) mass is 400 g/mol. The van der Waals surface area contributed by atoms with Crippen molar-refractivity contribution in [2.45, 2.75) is 46.1 Å². The van der Waals surface area contributed by atoms with Crippen LogP contribution in [0.5, 0.6) is 0 Å². The molecule has 1 aliphatic rings. The zero-order chi connectivity index (χ0) is 20.5. The molecule has 6 heteroatoms. The normalized spacial score (nSPS) is 14.4. The average Bonchev–Trinajstić information content (AvgIpc) is 3.05. The third-order valence-electron chi connectivity index (χ3n) is 5.18. The van der Waals surface area contributed by atoms with E-state index in [4.69, 9.17) is 0 Å². The van der Waals surface area contributed by atoms with Gasteiger partial charge in [-0.1, -0.05) is 24.3 Å². The summed E-state index contributed by atoms with van der Waals surface area (Å²) in [5.74, 6) is -0.322. The van der Waals surface area contributed by atoms with Crippen LogP contribution in [-0.4, -0.2) is 27.1 Å². The van der Waals surface area contributed by atoms with Crippen LogP contribution in [0.15, 0.2) is 36.4 Å². The summed E-state index contributed by atoms with van der Waals surface area (Å²) in [6, 6.07) is 11.7. The van der Waals surface area contributed by atoms with Crippen LogP contribution in [-0.2, 0) is 27.7 Å². The molecule has 0 saturated heterocycles. The molecule has 0 spiro atoms. The highest BCUT2D eigenvalue weighted by Crippen LogP contribution is 2.26. The lowest BCUT2D eigenvalue weighted by Gasteiger charge is -2.24. The topological polar surface area (TPSA) is 66.5 Å². The molecule has 28 heavy (non-hydrogen) atoms. The minimum absolute atomic E-state index is 0.181. The highest BCUT2D eigenvalue weighted by atomic mass is 32.2. The Morgan fingerprint density at radius 2 is 1.71 bits per heavy atom. The molecular formula is C22H28N2O3S. The first kappa shape index (κ1) is 20.4. The molecule has 0 bridgehead atoms. The van der Waals surface area contributed by atoms with Gasteiger partial charge in [-0.3, -0.25) is 9.10 Å². The molecule has 1 aliphatic carbocycles. The Hall–Kier alpha value is -2.34. The largest absolute Gasteiger partial charge is 0.348 e. The molecule has 3 rings (SSSR count). The van der Waals surface area contributed by atoms with Gasteiger partial charge in [-0.05, 0) is 80.0 Å². The van der Waals surface area contributed by atoms with Crippen molar-refractivity contribution < 1.29 is 13.2 Å². The van der Waals surface area contributed by atoms with E-state index < -0.39 is 10.0 Å².